The Morgan fingerprint density at radius 3 is 2.30 bits per heavy atom. The summed E-state index contributed by atoms with van der Waals surface area (Å²) in [6.07, 6.45) is 0. The molecule has 0 spiro atoms. The van der Waals surface area contributed by atoms with Gasteiger partial charge in [0.1, 0.15) is 18.1 Å². The van der Waals surface area contributed by atoms with Crippen molar-refractivity contribution in [3.63, 3.8) is 0 Å². The van der Waals surface area contributed by atoms with E-state index in [9.17, 15) is 5.11 Å². The summed E-state index contributed by atoms with van der Waals surface area (Å²) in [5.74, 6) is 1.07. The van der Waals surface area contributed by atoms with Crippen molar-refractivity contribution in [1.82, 2.24) is 5.32 Å². The molecule has 4 heteroatoms. The molecule has 0 aliphatic heterocycles. The first kappa shape index (κ1) is 14.4. The fourth-order valence-electron chi connectivity index (χ4n) is 1.94. The summed E-state index contributed by atoms with van der Waals surface area (Å²) in [5, 5.41) is 21.8. The molecule has 0 heterocycles. The maximum absolute atomic E-state index is 9.69. The maximum Gasteiger partial charge on any atom is 0.123 e. The first-order valence-electron chi connectivity index (χ1n) is 6.60. The number of aliphatic hydroxyl groups is 1. The molecule has 0 unspecified atom stereocenters. The molecule has 3 N–H and O–H groups in total. The molecule has 0 fully saturated rings. The van der Waals surface area contributed by atoms with Crippen LogP contribution in [0.3, 0.4) is 0 Å². The molecule has 106 valence electrons. The number of hydrogen-bond acceptors (Lipinski definition) is 4. The van der Waals surface area contributed by atoms with Crippen molar-refractivity contribution in [2.75, 3.05) is 13.2 Å². The summed E-state index contributed by atoms with van der Waals surface area (Å²) in [5.41, 5.74) is 1.89. The summed E-state index contributed by atoms with van der Waals surface area (Å²) in [6.45, 7) is 1.51. The lowest BCUT2D eigenvalue weighted by Gasteiger charge is -2.11. The number of ether oxygens (including phenoxy) is 1. The number of hydrogen-bond donors (Lipinski definition) is 3. The van der Waals surface area contributed by atoms with Gasteiger partial charge < -0.3 is 20.3 Å². The van der Waals surface area contributed by atoms with E-state index in [1.54, 1.807) is 12.1 Å². The van der Waals surface area contributed by atoms with Crippen molar-refractivity contribution in [3.05, 3.63) is 59.7 Å². The molecule has 0 bridgehead atoms. The van der Waals surface area contributed by atoms with Crippen LogP contribution in [-0.4, -0.2) is 23.4 Å². The van der Waals surface area contributed by atoms with Crippen molar-refractivity contribution >= 4 is 0 Å². The van der Waals surface area contributed by atoms with Crippen LogP contribution in [0.1, 0.15) is 11.1 Å². The topological polar surface area (TPSA) is 61.7 Å². The lowest BCUT2D eigenvalue weighted by Crippen LogP contribution is -2.14. The monoisotopic (exact) mass is 273 g/mol. The second-order valence-electron chi connectivity index (χ2n) is 4.41. The molecule has 0 amide bonds. The molecule has 0 aliphatic rings. The first-order valence-corrected chi connectivity index (χ1v) is 6.60. The van der Waals surface area contributed by atoms with Gasteiger partial charge in [-0.3, -0.25) is 0 Å². The summed E-state index contributed by atoms with van der Waals surface area (Å²) < 4.78 is 5.47. The largest absolute Gasteiger partial charge is 0.508 e. The Hall–Kier alpha value is -2.04. The Morgan fingerprint density at radius 1 is 0.900 bits per heavy atom. The first-order chi connectivity index (χ1) is 9.81. The van der Waals surface area contributed by atoms with Crippen molar-refractivity contribution in [2.45, 2.75) is 13.1 Å². The highest BCUT2D eigenvalue weighted by Crippen LogP contribution is 2.19. The van der Waals surface area contributed by atoms with E-state index in [-0.39, 0.29) is 13.2 Å². The number of phenolic OH excluding ortho intramolecular Hbond substituents is 1. The van der Waals surface area contributed by atoms with Crippen molar-refractivity contribution in [3.8, 4) is 11.5 Å². The minimum atomic E-state index is -0.000347. The normalized spacial score (nSPS) is 10.4. The van der Waals surface area contributed by atoms with Gasteiger partial charge in [-0.2, -0.15) is 0 Å². The zero-order valence-corrected chi connectivity index (χ0v) is 11.2. The smallest absolute Gasteiger partial charge is 0.123 e. The lowest BCUT2D eigenvalue weighted by atomic mass is 10.1. The van der Waals surface area contributed by atoms with Gasteiger partial charge in [-0.15, -0.1) is 0 Å². The maximum atomic E-state index is 9.69. The van der Waals surface area contributed by atoms with E-state index in [1.807, 2.05) is 36.4 Å². The van der Waals surface area contributed by atoms with E-state index in [0.29, 0.717) is 18.8 Å². The lowest BCUT2D eigenvalue weighted by molar-refractivity contribution is 0.200. The number of phenols is 1. The summed E-state index contributed by atoms with van der Waals surface area (Å²) in [4.78, 5) is 0. The third-order valence-electron chi connectivity index (χ3n) is 2.94. The zero-order valence-electron chi connectivity index (χ0n) is 11.2. The minimum absolute atomic E-state index is 0.000347. The fourth-order valence-corrected chi connectivity index (χ4v) is 1.94. The zero-order chi connectivity index (χ0) is 14.2. The van der Waals surface area contributed by atoms with E-state index in [0.717, 1.165) is 16.9 Å². The standard InChI is InChI=1S/C16H19NO3/c18-9-10-20-16-8-4-2-6-14(16)12-17-11-13-5-1-3-7-15(13)19/h1-8,17-19H,9-12H2. The third-order valence-corrected chi connectivity index (χ3v) is 2.94. The van der Waals surface area contributed by atoms with Crippen LogP contribution in [0.25, 0.3) is 0 Å². The Labute approximate surface area is 118 Å². The summed E-state index contributed by atoms with van der Waals surface area (Å²) in [6, 6.07) is 15.0. The SMILES string of the molecule is OCCOc1ccccc1CNCc1ccccc1O. The predicted molar refractivity (Wildman–Crippen MR) is 77.7 cm³/mol. The molecule has 2 rings (SSSR count). The molecular weight excluding hydrogens is 254 g/mol. The van der Waals surface area contributed by atoms with E-state index < -0.39 is 0 Å². The van der Waals surface area contributed by atoms with Gasteiger partial charge >= 0.3 is 0 Å². The average Bonchev–Trinajstić information content (AvgIpc) is 2.48. The number of aliphatic hydroxyl groups excluding tert-OH is 1. The highest BCUT2D eigenvalue weighted by atomic mass is 16.5. The molecule has 0 radical (unpaired) electrons. The van der Waals surface area contributed by atoms with Crippen LogP contribution in [0.15, 0.2) is 48.5 Å². The van der Waals surface area contributed by atoms with Gasteiger partial charge in [0.2, 0.25) is 0 Å². The van der Waals surface area contributed by atoms with Gasteiger partial charge in [0.05, 0.1) is 6.61 Å². The molecule has 4 nitrogen and oxygen atoms in total. The molecule has 2 aromatic carbocycles. The Morgan fingerprint density at radius 2 is 1.55 bits per heavy atom. The van der Waals surface area contributed by atoms with E-state index in [1.165, 1.54) is 0 Å². The fraction of sp³-hybridized carbons (Fsp3) is 0.250. The molecule has 20 heavy (non-hydrogen) atoms. The Balaban J connectivity index is 1.92. The van der Waals surface area contributed by atoms with E-state index >= 15 is 0 Å². The molecular formula is C16H19NO3. The predicted octanol–water partition coefficient (Wildman–Crippen LogP) is 2.05. The second kappa shape index (κ2) is 7.53. The van der Waals surface area contributed by atoms with Crippen molar-refractivity contribution < 1.29 is 14.9 Å². The van der Waals surface area contributed by atoms with Crippen LogP contribution < -0.4 is 10.1 Å². The van der Waals surface area contributed by atoms with Gasteiger partial charge in [-0.1, -0.05) is 36.4 Å². The number of nitrogens with one attached hydrogen (secondary N) is 1. The van der Waals surface area contributed by atoms with Gasteiger partial charge in [0, 0.05) is 24.2 Å². The number of para-hydroxylation sites is 2. The van der Waals surface area contributed by atoms with Crippen molar-refractivity contribution in [2.24, 2.45) is 0 Å². The number of rotatable bonds is 7. The number of benzene rings is 2. The molecule has 0 aromatic heterocycles. The van der Waals surface area contributed by atoms with Gasteiger partial charge in [-0.25, -0.2) is 0 Å². The van der Waals surface area contributed by atoms with Crippen LogP contribution in [0.2, 0.25) is 0 Å². The molecule has 0 saturated heterocycles. The third kappa shape index (κ3) is 3.98. The number of aromatic hydroxyl groups is 1. The molecule has 0 atom stereocenters. The Kier molecular flexibility index (Phi) is 5.41. The van der Waals surface area contributed by atoms with Crippen LogP contribution in [0.5, 0.6) is 11.5 Å². The van der Waals surface area contributed by atoms with Crippen LogP contribution >= 0.6 is 0 Å². The minimum Gasteiger partial charge on any atom is -0.508 e. The van der Waals surface area contributed by atoms with Crippen LogP contribution in [-0.2, 0) is 13.1 Å². The van der Waals surface area contributed by atoms with E-state index in [4.69, 9.17) is 9.84 Å². The van der Waals surface area contributed by atoms with Gasteiger partial charge in [0.25, 0.3) is 0 Å². The second-order valence-corrected chi connectivity index (χ2v) is 4.41. The Bertz CT molecular complexity index is 543. The molecule has 0 saturated carbocycles. The molecule has 2 aromatic rings. The molecule has 0 aliphatic carbocycles. The van der Waals surface area contributed by atoms with E-state index in [2.05, 4.69) is 5.32 Å². The van der Waals surface area contributed by atoms with Crippen LogP contribution in [0, 0.1) is 0 Å². The summed E-state index contributed by atoms with van der Waals surface area (Å²) in [7, 11) is 0. The van der Waals surface area contributed by atoms with Crippen LogP contribution in [0.4, 0.5) is 0 Å². The summed E-state index contributed by atoms with van der Waals surface area (Å²) >= 11 is 0. The highest BCUT2D eigenvalue weighted by molar-refractivity contribution is 5.34. The average molecular weight is 273 g/mol. The van der Waals surface area contributed by atoms with Gasteiger partial charge in [0.15, 0.2) is 0 Å². The van der Waals surface area contributed by atoms with Crippen molar-refractivity contribution in [1.29, 1.82) is 0 Å². The quantitative estimate of drug-likeness (QED) is 0.722. The highest BCUT2D eigenvalue weighted by Gasteiger charge is 2.03. The van der Waals surface area contributed by atoms with Gasteiger partial charge in [-0.05, 0) is 12.1 Å².